The van der Waals surface area contributed by atoms with E-state index in [-0.39, 0.29) is 5.69 Å². The number of benzene rings is 2. The van der Waals surface area contributed by atoms with Gasteiger partial charge < -0.3 is 4.74 Å². The second-order valence-corrected chi connectivity index (χ2v) is 4.86. The summed E-state index contributed by atoms with van der Waals surface area (Å²) in [7, 11) is 1.52. The van der Waals surface area contributed by atoms with Gasteiger partial charge in [0.05, 0.1) is 12.0 Å². The molecule has 25 heavy (non-hydrogen) atoms. The van der Waals surface area contributed by atoms with Crippen molar-refractivity contribution in [2.45, 2.75) is 0 Å². The van der Waals surface area contributed by atoms with E-state index in [1.165, 1.54) is 31.4 Å². The fraction of sp³-hybridized carbons (Fsp3) is 0.0588. The van der Waals surface area contributed by atoms with E-state index in [0.29, 0.717) is 16.9 Å². The molecule has 2 aromatic carbocycles. The smallest absolute Gasteiger partial charge is 0.270 e. The molecule has 2 amide bonds. The third-order valence-corrected chi connectivity index (χ3v) is 3.16. The molecule has 8 heteroatoms. The number of nitro groups is 1. The quantitative estimate of drug-likeness (QED) is 0.491. The standard InChI is InChI=1S/C17H15N3O5/c1-25-15-8-6-13(7-9-15)17(22)19-18-16(21)10-5-12-3-2-4-14(11-12)20(23)24/h2-11H,1H3,(H,18,21)(H,19,22)/b10-5+. The second kappa shape index (κ2) is 8.25. The SMILES string of the molecule is COc1ccc(C(=O)NNC(=O)/C=C/c2cccc([N+](=O)[O-])c2)cc1. The molecule has 0 heterocycles. The summed E-state index contributed by atoms with van der Waals surface area (Å²) in [4.78, 5) is 33.8. The molecule has 8 nitrogen and oxygen atoms in total. The van der Waals surface area contributed by atoms with Crippen LogP contribution in [0.15, 0.2) is 54.6 Å². The summed E-state index contributed by atoms with van der Waals surface area (Å²) in [5.74, 6) is -0.450. The Morgan fingerprint density at radius 3 is 2.48 bits per heavy atom. The molecule has 0 aromatic heterocycles. The number of rotatable bonds is 5. The normalized spacial score (nSPS) is 10.3. The largest absolute Gasteiger partial charge is 0.497 e. The number of amides is 2. The molecule has 0 radical (unpaired) electrons. The van der Waals surface area contributed by atoms with Gasteiger partial charge in [0.25, 0.3) is 17.5 Å². The maximum Gasteiger partial charge on any atom is 0.270 e. The first kappa shape index (κ1) is 17.7. The van der Waals surface area contributed by atoms with Crippen molar-refractivity contribution in [2.24, 2.45) is 0 Å². The van der Waals surface area contributed by atoms with Crippen LogP contribution in [0, 0.1) is 10.1 Å². The molecule has 0 atom stereocenters. The Morgan fingerprint density at radius 1 is 1.12 bits per heavy atom. The number of hydrogen-bond donors (Lipinski definition) is 2. The van der Waals surface area contributed by atoms with Crippen molar-refractivity contribution >= 4 is 23.6 Å². The highest BCUT2D eigenvalue weighted by atomic mass is 16.6. The van der Waals surface area contributed by atoms with Crippen LogP contribution in [0.25, 0.3) is 6.08 Å². The van der Waals surface area contributed by atoms with Crippen LogP contribution in [0.5, 0.6) is 5.75 Å². The fourth-order valence-electron chi connectivity index (χ4n) is 1.89. The number of nitrogens with one attached hydrogen (secondary N) is 2. The molecular weight excluding hydrogens is 326 g/mol. The molecular formula is C17H15N3O5. The zero-order valence-corrected chi connectivity index (χ0v) is 13.3. The minimum atomic E-state index is -0.576. The molecule has 0 aliphatic rings. The Morgan fingerprint density at radius 2 is 1.84 bits per heavy atom. The van der Waals surface area contributed by atoms with Gasteiger partial charge in [-0.25, -0.2) is 0 Å². The molecule has 0 aliphatic carbocycles. The van der Waals surface area contributed by atoms with Crippen LogP contribution >= 0.6 is 0 Å². The lowest BCUT2D eigenvalue weighted by Gasteiger charge is -2.06. The monoisotopic (exact) mass is 341 g/mol. The molecule has 0 spiro atoms. The van der Waals surface area contributed by atoms with E-state index in [4.69, 9.17) is 4.74 Å². The molecule has 0 aliphatic heterocycles. The van der Waals surface area contributed by atoms with Crippen LogP contribution in [0.3, 0.4) is 0 Å². The molecule has 128 valence electrons. The van der Waals surface area contributed by atoms with Crippen molar-refractivity contribution in [1.82, 2.24) is 10.9 Å². The lowest BCUT2D eigenvalue weighted by atomic mass is 10.2. The molecule has 2 N–H and O–H groups in total. The van der Waals surface area contributed by atoms with Gasteiger partial charge in [0.15, 0.2) is 0 Å². The summed E-state index contributed by atoms with van der Waals surface area (Å²) in [6.07, 6.45) is 2.56. The van der Waals surface area contributed by atoms with Crippen LogP contribution in [-0.4, -0.2) is 23.8 Å². The molecule has 0 bridgehead atoms. The number of hydrazine groups is 1. The lowest BCUT2D eigenvalue weighted by molar-refractivity contribution is -0.384. The summed E-state index contributed by atoms with van der Waals surface area (Å²) in [5, 5.41) is 10.7. The highest BCUT2D eigenvalue weighted by Crippen LogP contribution is 2.14. The number of hydrogen-bond acceptors (Lipinski definition) is 5. The van der Waals surface area contributed by atoms with Crippen LogP contribution in [-0.2, 0) is 4.79 Å². The van der Waals surface area contributed by atoms with E-state index in [9.17, 15) is 19.7 Å². The van der Waals surface area contributed by atoms with Crippen LogP contribution in [0.2, 0.25) is 0 Å². The van der Waals surface area contributed by atoms with Crippen molar-refractivity contribution in [3.63, 3.8) is 0 Å². The molecule has 0 saturated heterocycles. The lowest BCUT2D eigenvalue weighted by Crippen LogP contribution is -2.40. The summed E-state index contributed by atoms with van der Waals surface area (Å²) in [6, 6.07) is 12.2. The fourth-order valence-corrected chi connectivity index (χ4v) is 1.89. The minimum Gasteiger partial charge on any atom is -0.497 e. The van der Waals surface area contributed by atoms with Crippen molar-refractivity contribution in [3.8, 4) is 5.75 Å². The summed E-state index contributed by atoms with van der Waals surface area (Å²) < 4.78 is 4.99. The number of carbonyl (C=O) groups is 2. The van der Waals surface area contributed by atoms with Gasteiger partial charge in [0.1, 0.15) is 5.75 Å². The zero-order valence-electron chi connectivity index (χ0n) is 13.3. The van der Waals surface area contributed by atoms with E-state index < -0.39 is 16.7 Å². The number of methoxy groups -OCH3 is 1. The van der Waals surface area contributed by atoms with Crippen molar-refractivity contribution in [3.05, 3.63) is 75.8 Å². The second-order valence-electron chi connectivity index (χ2n) is 4.86. The highest BCUT2D eigenvalue weighted by Gasteiger charge is 2.07. The molecule has 0 saturated carbocycles. The van der Waals surface area contributed by atoms with Gasteiger partial charge in [0, 0.05) is 23.8 Å². The van der Waals surface area contributed by atoms with Crippen molar-refractivity contribution in [2.75, 3.05) is 7.11 Å². The number of carbonyl (C=O) groups excluding carboxylic acids is 2. The molecule has 0 unspecified atom stereocenters. The van der Waals surface area contributed by atoms with Gasteiger partial charge in [-0.15, -0.1) is 0 Å². The third kappa shape index (κ3) is 5.17. The van der Waals surface area contributed by atoms with Gasteiger partial charge in [-0.05, 0) is 35.9 Å². The van der Waals surface area contributed by atoms with E-state index in [2.05, 4.69) is 10.9 Å². The number of nitrogens with zero attached hydrogens (tertiary/aromatic N) is 1. The van der Waals surface area contributed by atoms with Gasteiger partial charge in [-0.2, -0.15) is 0 Å². The maximum atomic E-state index is 11.9. The first-order valence-corrected chi connectivity index (χ1v) is 7.16. The summed E-state index contributed by atoms with van der Waals surface area (Å²) in [5.41, 5.74) is 5.26. The third-order valence-electron chi connectivity index (χ3n) is 3.16. The first-order chi connectivity index (χ1) is 12.0. The van der Waals surface area contributed by atoms with Crippen molar-refractivity contribution < 1.29 is 19.2 Å². The van der Waals surface area contributed by atoms with E-state index >= 15 is 0 Å². The van der Waals surface area contributed by atoms with Crippen LogP contribution in [0.4, 0.5) is 5.69 Å². The Hall–Kier alpha value is -3.68. The van der Waals surface area contributed by atoms with Gasteiger partial charge in [-0.1, -0.05) is 12.1 Å². The maximum absolute atomic E-state index is 11.9. The average molecular weight is 341 g/mol. The van der Waals surface area contributed by atoms with Crippen LogP contribution in [0.1, 0.15) is 15.9 Å². The van der Waals surface area contributed by atoms with Gasteiger partial charge in [0.2, 0.25) is 0 Å². The van der Waals surface area contributed by atoms with E-state index in [1.807, 2.05) is 0 Å². The zero-order chi connectivity index (χ0) is 18.2. The molecule has 2 aromatic rings. The Labute approximate surface area is 143 Å². The number of nitro benzene ring substituents is 1. The predicted molar refractivity (Wildman–Crippen MR) is 90.7 cm³/mol. The Bertz CT molecular complexity index is 815. The van der Waals surface area contributed by atoms with Gasteiger partial charge in [-0.3, -0.25) is 30.6 Å². The molecule has 0 fully saturated rings. The number of ether oxygens (including phenoxy) is 1. The minimum absolute atomic E-state index is 0.0737. The highest BCUT2D eigenvalue weighted by molar-refractivity contribution is 5.98. The Balaban J connectivity index is 1.90. The van der Waals surface area contributed by atoms with Crippen molar-refractivity contribution in [1.29, 1.82) is 0 Å². The van der Waals surface area contributed by atoms with Crippen LogP contribution < -0.4 is 15.6 Å². The molecule has 2 rings (SSSR count). The number of non-ortho nitro benzene ring substituents is 1. The van der Waals surface area contributed by atoms with E-state index in [0.717, 1.165) is 6.08 Å². The van der Waals surface area contributed by atoms with Gasteiger partial charge >= 0.3 is 0 Å². The Kier molecular flexibility index (Phi) is 5.83. The van der Waals surface area contributed by atoms with E-state index in [1.54, 1.807) is 30.3 Å². The summed E-state index contributed by atoms with van der Waals surface area (Å²) >= 11 is 0. The first-order valence-electron chi connectivity index (χ1n) is 7.16. The average Bonchev–Trinajstić information content (AvgIpc) is 2.64. The predicted octanol–water partition coefficient (Wildman–Crippen LogP) is 2.08. The summed E-state index contributed by atoms with van der Waals surface area (Å²) in [6.45, 7) is 0. The topological polar surface area (TPSA) is 111 Å².